The van der Waals surface area contributed by atoms with Gasteiger partial charge in [0.15, 0.2) is 18.9 Å². The molecule has 2 unspecified atom stereocenters. The number of hydrogen-bond acceptors (Lipinski definition) is 18. The van der Waals surface area contributed by atoms with Gasteiger partial charge in [0.05, 0.1) is 50.3 Å². The molecular weight excluding hydrogens is 865 g/mol. The fraction of sp³-hybridized carbons (Fsp3) is 0.958. The molecule has 9 aliphatic rings. The summed E-state index contributed by atoms with van der Waals surface area (Å²) in [5.41, 5.74) is -2.52. The normalized spacial score (nSPS) is 58.8. The molecule has 378 valence electrons. The molecule has 18 nitrogen and oxygen atoms in total. The van der Waals surface area contributed by atoms with Gasteiger partial charge in [-0.05, 0) is 86.4 Å². The van der Waals surface area contributed by atoms with Gasteiger partial charge in [0, 0.05) is 22.2 Å². The van der Waals surface area contributed by atoms with Crippen LogP contribution in [0, 0.1) is 50.2 Å². The maximum atomic E-state index is 12.3. The number of ether oxygens (including phenoxy) is 7. The summed E-state index contributed by atoms with van der Waals surface area (Å²) in [4.78, 5) is 0. The van der Waals surface area contributed by atoms with Crippen LogP contribution in [0.5, 0.6) is 0 Å². The van der Waals surface area contributed by atoms with Crippen LogP contribution < -0.4 is 0 Å². The topological polar surface area (TPSA) is 287 Å². The van der Waals surface area contributed by atoms with Crippen molar-refractivity contribution in [3.05, 3.63) is 12.2 Å². The van der Waals surface area contributed by atoms with Gasteiger partial charge in [0.2, 0.25) is 0 Å². The average Bonchev–Trinajstić information content (AvgIpc) is 3.55. The highest BCUT2D eigenvalue weighted by molar-refractivity contribution is 5.36. The van der Waals surface area contributed by atoms with Crippen LogP contribution in [0.1, 0.15) is 99.8 Å². The Balaban J connectivity index is 1.03. The molecule has 0 aromatic rings. The quantitative estimate of drug-likeness (QED) is 0.104. The minimum Gasteiger partial charge on any atom is -0.396 e. The fourth-order valence-electron chi connectivity index (χ4n) is 15.8. The van der Waals surface area contributed by atoms with E-state index in [1.165, 1.54) is 0 Å². The minimum absolute atomic E-state index is 0.0615. The van der Waals surface area contributed by atoms with Gasteiger partial charge in [0.1, 0.15) is 67.1 Å². The maximum absolute atomic E-state index is 12.3. The third-order valence-corrected chi connectivity index (χ3v) is 20.0. The van der Waals surface area contributed by atoms with E-state index in [2.05, 4.69) is 46.8 Å². The lowest BCUT2D eigenvalue weighted by molar-refractivity contribution is -0.398. The molecule has 0 radical (unpaired) electrons. The Morgan fingerprint density at radius 2 is 1.21 bits per heavy atom. The molecule has 1 spiro atoms. The summed E-state index contributed by atoms with van der Waals surface area (Å²) in [7, 11) is 0. The first-order valence-electron chi connectivity index (χ1n) is 24.5. The van der Waals surface area contributed by atoms with Crippen molar-refractivity contribution in [1.29, 1.82) is 0 Å². The lowest BCUT2D eigenvalue weighted by Crippen LogP contribution is -2.72. The predicted octanol–water partition coefficient (Wildman–Crippen LogP) is -0.399. The molecule has 8 fully saturated rings. The highest BCUT2D eigenvalue weighted by Gasteiger charge is 2.79. The Hall–Kier alpha value is -0.980. The molecule has 0 amide bonds. The van der Waals surface area contributed by atoms with Gasteiger partial charge in [-0.25, -0.2) is 0 Å². The summed E-state index contributed by atoms with van der Waals surface area (Å²) < 4.78 is 44.4. The van der Waals surface area contributed by atoms with Crippen LogP contribution in [0.4, 0.5) is 0 Å². The molecule has 26 atom stereocenters. The first-order chi connectivity index (χ1) is 30.9. The molecule has 9 rings (SSSR count). The molecule has 4 saturated carbocycles. The Bertz CT molecular complexity index is 1800. The SMILES string of the molecule is C[C@H]1O[C@@H](OC2CC[C@@]3(C)[C@@H](CC[C@]4(C)[C@@H]3C=C[C@]35OC[C@@]6(CCC(C)(C)C[C@@H]63)C(O)C[C@]54C)[C@]2(C)CO)[C@H](O[C@@H]2O[C@H](CO)[C@@H](O)[C@H](O)[C@H]2O)[C@@H](O[C@@H]2O[C@H](CO)[C@@H](O)[C@H](O)[C@H]2O)[C@H]1O. The summed E-state index contributed by atoms with van der Waals surface area (Å²) in [6.07, 6.45) is -14.3. The number of aliphatic hydroxyl groups is 11. The van der Waals surface area contributed by atoms with Gasteiger partial charge in [-0.15, -0.1) is 0 Å². The van der Waals surface area contributed by atoms with Gasteiger partial charge >= 0.3 is 0 Å². The van der Waals surface area contributed by atoms with Gasteiger partial charge in [-0.2, -0.15) is 0 Å². The van der Waals surface area contributed by atoms with E-state index in [4.69, 9.17) is 33.2 Å². The summed E-state index contributed by atoms with van der Waals surface area (Å²) in [5, 5.41) is 120. The molecule has 2 bridgehead atoms. The predicted molar refractivity (Wildman–Crippen MR) is 229 cm³/mol. The van der Waals surface area contributed by atoms with Crippen molar-refractivity contribution in [3.8, 4) is 0 Å². The van der Waals surface area contributed by atoms with Crippen molar-refractivity contribution in [2.24, 2.45) is 50.2 Å². The molecule has 5 aliphatic carbocycles. The van der Waals surface area contributed by atoms with Crippen LogP contribution in [0.2, 0.25) is 0 Å². The minimum atomic E-state index is -1.88. The van der Waals surface area contributed by atoms with E-state index in [-0.39, 0.29) is 51.4 Å². The Kier molecular flexibility index (Phi) is 12.9. The summed E-state index contributed by atoms with van der Waals surface area (Å²) in [6.45, 7) is 14.1. The number of fused-ring (bicyclic) bond motifs is 4. The van der Waals surface area contributed by atoms with E-state index in [1.54, 1.807) is 6.92 Å². The Morgan fingerprint density at radius 3 is 1.80 bits per heavy atom. The smallest absolute Gasteiger partial charge is 0.187 e. The number of hydrogen-bond donors (Lipinski definition) is 11. The van der Waals surface area contributed by atoms with Gasteiger partial charge in [-0.3, -0.25) is 0 Å². The lowest BCUT2D eigenvalue weighted by atomic mass is 9.32. The van der Waals surface area contributed by atoms with E-state index in [0.29, 0.717) is 25.9 Å². The molecule has 66 heavy (non-hydrogen) atoms. The zero-order valence-corrected chi connectivity index (χ0v) is 39.5. The third kappa shape index (κ3) is 7.01. The second kappa shape index (κ2) is 17.1. The van der Waals surface area contributed by atoms with Crippen LogP contribution in [-0.4, -0.2) is 193 Å². The molecular formula is C48H78O18. The first-order valence-corrected chi connectivity index (χ1v) is 24.5. The van der Waals surface area contributed by atoms with Crippen molar-refractivity contribution >= 4 is 0 Å². The molecule has 0 aromatic heterocycles. The van der Waals surface area contributed by atoms with Crippen LogP contribution in [-0.2, 0) is 33.2 Å². The van der Waals surface area contributed by atoms with E-state index in [9.17, 15) is 56.2 Å². The van der Waals surface area contributed by atoms with E-state index < -0.39 is 129 Å². The zero-order valence-electron chi connectivity index (χ0n) is 39.5. The van der Waals surface area contributed by atoms with Crippen LogP contribution >= 0.6 is 0 Å². The number of rotatable bonds is 9. The summed E-state index contributed by atoms with van der Waals surface area (Å²) in [5.74, 6) is 0.167. The number of aliphatic hydroxyl groups excluding tert-OH is 11. The summed E-state index contributed by atoms with van der Waals surface area (Å²) >= 11 is 0. The Morgan fingerprint density at radius 1 is 0.606 bits per heavy atom. The molecule has 4 saturated heterocycles. The van der Waals surface area contributed by atoms with Crippen LogP contribution in [0.3, 0.4) is 0 Å². The van der Waals surface area contributed by atoms with Crippen molar-refractivity contribution in [2.75, 3.05) is 26.4 Å². The largest absolute Gasteiger partial charge is 0.396 e. The highest BCUT2D eigenvalue weighted by atomic mass is 16.8. The van der Waals surface area contributed by atoms with Crippen molar-refractivity contribution < 1.29 is 89.3 Å². The standard InChI is InChI=1S/C48H78O18/c1-22-30(53)37(65-39-35(58)33(56)31(54)23(18-49)62-39)38(66-40-36(59)34(57)32(55)24(19-50)63-40)41(61-22)64-29-10-11-43(4)25(44(29,5)20-51)8-12-45(6)26(43)9-13-48-27-16-42(2,3)14-15-47(27,21-60-48)28(52)17-46(45,48)7/h9,13,22-41,49-59H,8,10-12,14-21H2,1-7H3/t22-,23-,24-,25-,26-,27+,28?,29?,30+,31-,32-,33+,34+,35-,36-,37+,38-,39+,40+,41+,43+,44+,45-,46+,47-,48+/m1/s1. The van der Waals surface area contributed by atoms with Crippen molar-refractivity contribution in [2.45, 2.75) is 210 Å². The second-order valence-electron chi connectivity index (χ2n) is 23.8. The molecule has 0 aromatic carbocycles. The van der Waals surface area contributed by atoms with Crippen molar-refractivity contribution in [3.63, 3.8) is 0 Å². The first kappa shape index (κ1) is 50.0. The highest BCUT2D eigenvalue weighted by Crippen LogP contribution is 2.79. The zero-order chi connectivity index (χ0) is 47.9. The van der Waals surface area contributed by atoms with E-state index >= 15 is 0 Å². The fourth-order valence-corrected chi connectivity index (χ4v) is 15.8. The Labute approximate surface area is 387 Å². The number of allylic oxidation sites excluding steroid dienone is 1. The molecule has 18 heteroatoms. The van der Waals surface area contributed by atoms with E-state index in [1.807, 2.05) is 6.92 Å². The maximum Gasteiger partial charge on any atom is 0.187 e. The second-order valence-corrected chi connectivity index (χ2v) is 23.8. The molecule has 4 heterocycles. The average molecular weight is 943 g/mol. The molecule has 11 N–H and O–H groups in total. The molecule has 4 aliphatic heterocycles. The van der Waals surface area contributed by atoms with Gasteiger partial charge < -0.3 is 89.3 Å². The van der Waals surface area contributed by atoms with Crippen LogP contribution in [0.15, 0.2) is 12.2 Å². The van der Waals surface area contributed by atoms with Crippen LogP contribution in [0.25, 0.3) is 0 Å². The summed E-state index contributed by atoms with van der Waals surface area (Å²) in [6, 6.07) is 0. The van der Waals surface area contributed by atoms with Crippen molar-refractivity contribution in [1.82, 2.24) is 0 Å². The van der Waals surface area contributed by atoms with Gasteiger partial charge in [-0.1, -0.05) is 53.7 Å². The monoisotopic (exact) mass is 943 g/mol. The van der Waals surface area contributed by atoms with Gasteiger partial charge in [0.25, 0.3) is 0 Å². The lowest BCUT2D eigenvalue weighted by Gasteiger charge is -2.73. The van der Waals surface area contributed by atoms with E-state index in [0.717, 1.165) is 32.1 Å². The third-order valence-electron chi connectivity index (χ3n) is 20.0.